The number of fused-ring (bicyclic) bond motifs is 1. The van der Waals surface area contributed by atoms with Crippen molar-refractivity contribution in [2.45, 2.75) is 12.5 Å². The van der Waals surface area contributed by atoms with E-state index in [2.05, 4.69) is 20.6 Å². The molecule has 4 aromatic rings. The summed E-state index contributed by atoms with van der Waals surface area (Å²) in [5.41, 5.74) is 3.78. The lowest BCUT2D eigenvalue weighted by molar-refractivity contribution is 0.238. The SMILES string of the molecule is COc1ccc(CCNC(=O)NC(c2ccccc2)c2nc3ccccc3[nH]2)cc1OC. The first-order chi connectivity index (χ1) is 15.7. The number of aromatic nitrogens is 2. The van der Waals surface area contributed by atoms with Gasteiger partial charge in [0.1, 0.15) is 11.9 Å². The molecule has 2 amide bonds. The standard InChI is InChI=1S/C25H26N4O3/c1-31-21-13-12-17(16-22(21)32-2)14-15-26-25(30)29-23(18-8-4-3-5-9-18)24-27-19-10-6-7-11-20(19)28-24/h3-13,16,23H,14-15H2,1-2H3,(H,27,28)(H2,26,29,30). The zero-order valence-electron chi connectivity index (χ0n) is 18.1. The van der Waals surface area contributed by atoms with E-state index < -0.39 is 6.04 Å². The first kappa shape index (κ1) is 21.2. The van der Waals surface area contributed by atoms with Gasteiger partial charge in [-0.15, -0.1) is 0 Å². The molecule has 32 heavy (non-hydrogen) atoms. The second-order valence-corrected chi connectivity index (χ2v) is 7.32. The average molecular weight is 431 g/mol. The van der Waals surface area contributed by atoms with Crippen LogP contribution in [-0.4, -0.2) is 36.8 Å². The Morgan fingerprint density at radius 3 is 2.47 bits per heavy atom. The van der Waals surface area contributed by atoms with Crippen molar-refractivity contribution in [1.82, 2.24) is 20.6 Å². The first-order valence-corrected chi connectivity index (χ1v) is 10.4. The molecule has 0 fully saturated rings. The van der Waals surface area contributed by atoms with Gasteiger partial charge in [-0.25, -0.2) is 9.78 Å². The quantitative estimate of drug-likeness (QED) is 0.391. The summed E-state index contributed by atoms with van der Waals surface area (Å²) in [4.78, 5) is 20.7. The first-order valence-electron chi connectivity index (χ1n) is 10.4. The lowest BCUT2D eigenvalue weighted by atomic mass is 10.1. The van der Waals surface area contributed by atoms with Crippen LogP contribution in [0.5, 0.6) is 11.5 Å². The third-order valence-corrected chi connectivity index (χ3v) is 5.24. The number of methoxy groups -OCH3 is 2. The third-order valence-electron chi connectivity index (χ3n) is 5.24. The van der Waals surface area contributed by atoms with Crippen LogP contribution < -0.4 is 20.1 Å². The van der Waals surface area contributed by atoms with Crippen molar-refractivity contribution < 1.29 is 14.3 Å². The predicted octanol–water partition coefficient (Wildman–Crippen LogP) is 4.21. The third kappa shape index (κ3) is 4.83. The number of benzene rings is 3. The van der Waals surface area contributed by atoms with Crippen LogP contribution in [0.25, 0.3) is 11.0 Å². The topological polar surface area (TPSA) is 88.3 Å². The minimum Gasteiger partial charge on any atom is -0.493 e. The van der Waals surface area contributed by atoms with E-state index in [1.54, 1.807) is 14.2 Å². The highest BCUT2D eigenvalue weighted by Gasteiger charge is 2.20. The summed E-state index contributed by atoms with van der Waals surface area (Å²) < 4.78 is 10.6. The average Bonchev–Trinajstić information content (AvgIpc) is 3.27. The molecule has 0 saturated heterocycles. The Morgan fingerprint density at radius 1 is 0.969 bits per heavy atom. The monoisotopic (exact) mass is 430 g/mol. The molecule has 1 atom stereocenters. The molecule has 1 aromatic heterocycles. The fourth-order valence-electron chi connectivity index (χ4n) is 3.60. The number of H-pyrrole nitrogens is 1. The van der Waals surface area contributed by atoms with Crippen LogP contribution in [0.1, 0.15) is 23.0 Å². The summed E-state index contributed by atoms with van der Waals surface area (Å²) in [5, 5.41) is 5.99. The predicted molar refractivity (Wildman–Crippen MR) is 124 cm³/mol. The summed E-state index contributed by atoms with van der Waals surface area (Å²) in [7, 11) is 3.21. The van der Waals surface area contributed by atoms with E-state index in [9.17, 15) is 4.79 Å². The van der Waals surface area contributed by atoms with Gasteiger partial charge in [-0.3, -0.25) is 0 Å². The number of hydrogen-bond acceptors (Lipinski definition) is 4. The number of imidazole rings is 1. The van der Waals surface area contributed by atoms with E-state index in [4.69, 9.17) is 9.47 Å². The van der Waals surface area contributed by atoms with Crippen LogP contribution in [0.3, 0.4) is 0 Å². The number of para-hydroxylation sites is 2. The number of amides is 2. The van der Waals surface area contributed by atoms with Crippen molar-refractivity contribution in [2.75, 3.05) is 20.8 Å². The zero-order valence-corrected chi connectivity index (χ0v) is 18.1. The Morgan fingerprint density at radius 2 is 1.72 bits per heavy atom. The zero-order chi connectivity index (χ0) is 22.3. The Kier molecular flexibility index (Phi) is 6.55. The van der Waals surface area contributed by atoms with Gasteiger partial charge in [0.05, 0.1) is 25.3 Å². The molecule has 0 spiro atoms. The van der Waals surface area contributed by atoms with Crippen LogP contribution in [0.15, 0.2) is 72.8 Å². The lowest BCUT2D eigenvalue weighted by Gasteiger charge is -2.18. The molecule has 164 valence electrons. The van der Waals surface area contributed by atoms with Gasteiger partial charge >= 0.3 is 6.03 Å². The second kappa shape index (κ2) is 9.87. The van der Waals surface area contributed by atoms with Crippen LogP contribution in [0.2, 0.25) is 0 Å². The molecule has 0 saturated carbocycles. The van der Waals surface area contributed by atoms with Crippen LogP contribution in [0, 0.1) is 0 Å². The number of ether oxygens (including phenoxy) is 2. The number of hydrogen-bond donors (Lipinski definition) is 3. The van der Waals surface area contributed by atoms with Gasteiger partial charge in [-0.05, 0) is 41.8 Å². The molecule has 0 bridgehead atoms. The molecule has 0 aliphatic carbocycles. The molecule has 4 rings (SSSR count). The van der Waals surface area contributed by atoms with Crippen molar-refractivity contribution in [3.63, 3.8) is 0 Å². The lowest BCUT2D eigenvalue weighted by Crippen LogP contribution is -2.39. The number of rotatable bonds is 8. The van der Waals surface area contributed by atoms with Gasteiger partial charge in [0.2, 0.25) is 0 Å². The van der Waals surface area contributed by atoms with E-state index in [0.717, 1.165) is 22.2 Å². The second-order valence-electron chi connectivity index (χ2n) is 7.32. The molecule has 3 N–H and O–H groups in total. The number of carbonyl (C=O) groups is 1. The highest BCUT2D eigenvalue weighted by Crippen LogP contribution is 2.27. The Labute approximate surface area is 186 Å². The molecule has 7 heteroatoms. The maximum absolute atomic E-state index is 12.7. The number of carbonyl (C=O) groups excluding carboxylic acids is 1. The fourth-order valence-corrected chi connectivity index (χ4v) is 3.60. The van der Waals surface area contributed by atoms with Crippen LogP contribution >= 0.6 is 0 Å². The molecule has 0 aliphatic rings. The minimum absolute atomic E-state index is 0.264. The molecular weight excluding hydrogens is 404 g/mol. The van der Waals surface area contributed by atoms with Crippen molar-refractivity contribution in [3.8, 4) is 11.5 Å². The molecule has 7 nitrogen and oxygen atoms in total. The van der Waals surface area contributed by atoms with Crippen molar-refractivity contribution in [1.29, 1.82) is 0 Å². The Balaban J connectivity index is 1.44. The summed E-state index contributed by atoms with van der Waals surface area (Å²) in [6, 6.07) is 22.7. The molecule has 1 unspecified atom stereocenters. The van der Waals surface area contributed by atoms with Gasteiger partial charge in [0.15, 0.2) is 11.5 Å². The van der Waals surface area contributed by atoms with Crippen molar-refractivity contribution in [2.24, 2.45) is 0 Å². The van der Waals surface area contributed by atoms with Gasteiger partial charge in [0, 0.05) is 6.54 Å². The molecule has 0 aliphatic heterocycles. The molecule has 3 aromatic carbocycles. The molecular formula is C25H26N4O3. The van der Waals surface area contributed by atoms with Gasteiger partial charge in [0.25, 0.3) is 0 Å². The van der Waals surface area contributed by atoms with Gasteiger partial charge in [-0.2, -0.15) is 0 Å². The van der Waals surface area contributed by atoms with E-state index in [0.29, 0.717) is 30.3 Å². The number of aromatic amines is 1. The summed E-state index contributed by atoms with van der Waals surface area (Å²) in [6.45, 7) is 0.475. The van der Waals surface area contributed by atoms with E-state index in [-0.39, 0.29) is 6.03 Å². The Bertz CT molecular complexity index is 1160. The van der Waals surface area contributed by atoms with Gasteiger partial charge in [-0.1, -0.05) is 48.5 Å². The minimum atomic E-state index is -0.398. The largest absolute Gasteiger partial charge is 0.493 e. The fraction of sp³-hybridized carbons (Fsp3) is 0.200. The van der Waals surface area contributed by atoms with E-state index in [1.807, 2.05) is 72.8 Å². The van der Waals surface area contributed by atoms with Crippen LogP contribution in [0.4, 0.5) is 4.79 Å². The smallest absolute Gasteiger partial charge is 0.315 e. The normalized spacial score (nSPS) is 11.7. The maximum atomic E-state index is 12.7. The maximum Gasteiger partial charge on any atom is 0.315 e. The summed E-state index contributed by atoms with van der Waals surface area (Å²) in [5.74, 6) is 2.04. The summed E-state index contributed by atoms with van der Waals surface area (Å²) in [6.07, 6.45) is 0.661. The van der Waals surface area contributed by atoms with Gasteiger partial charge < -0.3 is 25.1 Å². The highest BCUT2D eigenvalue weighted by atomic mass is 16.5. The highest BCUT2D eigenvalue weighted by molar-refractivity contribution is 5.77. The molecule has 0 radical (unpaired) electrons. The van der Waals surface area contributed by atoms with Crippen molar-refractivity contribution >= 4 is 17.1 Å². The number of urea groups is 1. The number of nitrogens with zero attached hydrogens (tertiary/aromatic N) is 1. The number of nitrogens with one attached hydrogen (secondary N) is 3. The molecule has 1 heterocycles. The van der Waals surface area contributed by atoms with Crippen LogP contribution in [-0.2, 0) is 6.42 Å². The Hall–Kier alpha value is -4.00. The summed E-state index contributed by atoms with van der Waals surface area (Å²) >= 11 is 0. The van der Waals surface area contributed by atoms with E-state index in [1.165, 1.54) is 0 Å². The van der Waals surface area contributed by atoms with E-state index >= 15 is 0 Å². The van der Waals surface area contributed by atoms with Crippen molar-refractivity contribution in [3.05, 3.63) is 89.7 Å².